The van der Waals surface area contributed by atoms with Crippen LogP contribution in [0.5, 0.6) is 0 Å². The Balaban J connectivity index is 1.86. The van der Waals surface area contributed by atoms with Gasteiger partial charge in [-0.25, -0.2) is 4.79 Å². The normalized spacial score (nSPS) is 12.3. The smallest absolute Gasteiger partial charge is 0.416 e. The summed E-state index contributed by atoms with van der Waals surface area (Å²) in [6.07, 6.45) is -3.56. The molecule has 0 unspecified atom stereocenters. The molecule has 2 rings (SSSR count). The van der Waals surface area contributed by atoms with Gasteiger partial charge >= 0.3 is 12.1 Å². The monoisotopic (exact) mass is 379 g/mol. The quantitative estimate of drug-likeness (QED) is 0.762. The van der Waals surface area contributed by atoms with Gasteiger partial charge in [-0.15, -0.1) is 0 Å². The Morgan fingerprint density at radius 3 is 2.15 bits per heavy atom. The number of alkyl halides is 3. The second-order valence-electron chi connectivity index (χ2n) is 6.04. The van der Waals surface area contributed by atoms with Crippen LogP contribution >= 0.6 is 0 Å². The van der Waals surface area contributed by atoms with Gasteiger partial charge in [-0.05, 0) is 48.7 Å². The molecule has 2 aromatic rings. The number of esters is 1. The van der Waals surface area contributed by atoms with Gasteiger partial charge in [0.05, 0.1) is 17.2 Å². The summed E-state index contributed by atoms with van der Waals surface area (Å²) in [6.45, 7) is 3.33. The van der Waals surface area contributed by atoms with Crippen molar-refractivity contribution in [2.45, 2.75) is 32.5 Å². The highest BCUT2D eigenvalue weighted by Gasteiger charge is 2.30. The molecule has 0 bridgehead atoms. The highest BCUT2D eigenvalue weighted by Crippen LogP contribution is 2.29. The highest BCUT2D eigenvalue weighted by atomic mass is 19.4. The summed E-state index contributed by atoms with van der Waals surface area (Å²) in [6, 6.07) is 11.1. The lowest BCUT2D eigenvalue weighted by Gasteiger charge is -2.15. The SMILES string of the molecule is CCc1ccc([C@H](C)NC(=O)COC(=O)c2ccc(C(F)(F)F)cc2)cc1. The number of rotatable bonds is 6. The van der Waals surface area contributed by atoms with Gasteiger partial charge in [0.2, 0.25) is 0 Å². The van der Waals surface area contributed by atoms with E-state index in [0.29, 0.717) is 0 Å². The molecule has 0 aromatic heterocycles. The second kappa shape index (κ2) is 8.70. The molecule has 0 fully saturated rings. The van der Waals surface area contributed by atoms with Crippen molar-refractivity contribution in [3.63, 3.8) is 0 Å². The average Bonchev–Trinajstić information content (AvgIpc) is 2.65. The summed E-state index contributed by atoms with van der Waals surface area (Å²) in [5, 5.41) is 2.70. The number of carbonyl (C=O) groups excluding carboxylic acids is 2. The van der Waals surface area contributed by atoms with Crippen LogP contribution in [-0.4, -0.2) is 18.5 Å². The molecule has 1 atom stereocenters. The van der Waals surface area contributed by atoms with Crippen molar-refractivity contribution < 1.29 is 27.5 Å². The van der Waals surface area contributed by atoms with Gasteiger partial charge in [0.15, 0.2) is 6.61 Å². The fraction of sp³-hybridized carbons (Fsp3) is 0.300. The minimum Gasteiger partial charge on any atom is -0.452 e. The van der Waals surface area contributed by atoms with E-state index in [-0.39, 0.29) is 11.6 Å². The summed E-state index contributed by atoms with van der Waals surface area (Å²) in [5.74, 6) is -1.36. The van der Waals surface area contributed by atoms with Crippen LogP contribution in [0.3, 0.4) is 0 Å². The van der Waals surface area contributed by atoms with Gasteiger partial charge < -0.3 is 10.1 Å². The average molecular weight is 379 g/mol. The van der Waals surface area contributed by atoms with E-state index < -0.39 is 30.2 Å². The first-order chi connectivity index (χ1) is 12.7. The number of carbonyl (C=O) groups is 2. The Labute approximate surface area is 155 Å². The molecule has 1 amide bonds. The molecule has 0 saturated carbocycles. The number of ether oxygens (including phenoxy) is 1. The van der Waals surface area contributed by atoms with E-state index in [4.69, 9.17) is 4.74 Å². The van der Waals surface area contributed by atoms with E-state index in [0.717, 1.165) is 36.2 Å². The first-order valence-corrected chi connectivity index (χ1v) is 8.43. The zero-order valence-corrected chi connectivity index (χ0v) is 15.0. The first kappa shape index (κ1) is 20.5. The number of hydrogen-bond donors (Lipinski definition) is 1. The first-order valence-electron chi connectivity index (χ1n) is 8.43. The number of hydrogen-bond acceptors (Lipinski definition) is 3. The molecule has 0 saturated heterocycles. The lowest BCUT2D eigenvalue weighted by molar-refractivity contribution is -0.137. The molecule has 0 aliphatic rings. The molecule has 1 N–H and O–H groups in total. The summed E-state index contributed by atoms with van der Waals surface area (Å²) in [4.78, 5) is 23.8. The van der Waals surface area contributed by atoms with Gasteiger partial charge in [-0.1, -0.05) is 31.2 Å². The second-order valence-corrected chi connectivity index (χ2v) is 6.04. The highest BCUT2D eigenvalue weighted by molar-refractivity contribution is 5.91. The van der Waals surface area contributed by atoms with Gasteiger partial charge in [0, 0.05) is 0 Å². The summed E-state index contributed by atoms with van der Waals surface area (Å²) >= 11 is 0. The molecule has 144 valence electrons. The minimum absolute atomic E-state index is 0.0565. The molecule has 27 heavy (non-hydrogen) atoms. The maximum atomic E-state index is 12.5. The van der Waals surface area contributed by atoms with Gasteiger partial charge in [0.1, 0.15) is 0 Å². The number of nitrogens with one attached hydrogen (secondary N) is 1. The number of amides is 1. The van der Waals surface area contributed by atoms with Crippen LogP contribution < -0.4 is 5.32 Å². The molecule has 0 spiro atoms. The summed E-state index contributed by atoms with van der Waals surface area (Å²) in [7, 11) is 0. The minimum atomic E-state index is -4.48. The predicted molar refractivity (Wildman–Crippen MR) is 94.1 cm³/mol. The fourth-order valence-corrected chi connectivity index (χ4v) is 2.42. The molecule has 0 aliphatic carbocycles. The van der Waals surface area contributed by atoms with Gasteiger partial charge in [-0.3, -0.25) is 4.79 Å². The zero-order valence-electron chi connectivity index (χ0n) is 15.0. The van der Waals surface area contributed by atoms with E-state index in [1.807, 2.05) is 31.2 Å². The van der Waals surface area contributed by atoms with Crippen LogP contribution in [0.25, 0.3) is 0 Å². The van der Waals surface area contributed by atoms with E-state index >= 15 is 0 Å². The van der Waals surface area contributed by atoms with Crippen molar-refractivity contribution in [1.82, 2.24) is 5.32 Å². The largest absolute Gasteiger partial charge is 0.452 e. The van der Waals surface area contributed by atoms with Crippen molar-refractivity contribution in [2.24, 2.45) is 0 Å². The van der Waals surface area contributed by atoms with Gasteiger partial charge in [0.25, 0.3) is 5.91 Å². The summed E-state index contributed by atoms with van der Waals surface area (Å²) in [5.41, 5.74) is 1.18. The number of benzene rings is 2. The molecule has 2 aromatic carbocycles. The third-order valence-corrected chi connectivity index (χ3v) is 4.05. The predicted octanol–water partition coefficient (Wildman–Crippen LogP) is 4.30. The topological polar surface area (TPSA) is 55.4 Å². The Bertz CT molecular complexity index is 784. The third kappa shape index (κ3) is 5.84. The number of aryl methyl sites for hydroxylation is 1. The van der Waals surface area contributed by atoms with Crippen molar-refractivity contribution in [2.75, 3.05) is 6.61 Å². The Morgan fingerprint density at radius 1 is 1.04 bits per heavy atom. The van der Waals surface area contributed by atoms with Crippen LogP contribution in [0.4, 0.5) is 13.2 Å². The van der Waals surface area contributed by atoms with Crippen LogP contribution in [0.1, 0.15) is 46.9 Å². The van der Waals surface area contributed by atoms with E-state index in [9.17, 15) is 22.8 Å². The maximum Gasteiger partial charge on any atom is 0.416 e. The standard InChI is InChI=1S/C20H20F3NO3/c1-3-14-4-6-15(7-5-14)13(2)24-18(25)12-27-19(26)16-8-10-17(11-9-16)20(21,22)23/h4-11,13H,3,12H2,1-2H3,(H,24,25)/t13-/m0/s1. The van der Waals surface area contributed by atoms with Gasteiger partial charge in [-0.2, -0.15) is 13.2 Å². The van der Waals surface area contributed by atoms with Crippen molar-refractivity contribution in [3.05, 3.63) is 70.8 Å². The molecular weight excluding hydrogens is 359 g/mol. The third-order valence-electron chi connectivity index (χ3n) is 4.05. The van der Waals surface area contributed by atoms with Crippen LogP contribution in [-0.2, 0) is 22.1 Å². The Kier molecular flexibility index (Phi) is 6.60. The molecule has 0 heterocycles. The van der Waals surface area contributed by atoms with E-state index in [2.05, 4.69) is 5.32 Å². The Hall–Kier alpha value is -2.83. The molecule has 0 radical (unpaired) electrons. The van der Waals surface area contributed by atoms with Crippen molar-refractivity contribution in [1.29, 1.82) is 0 Å². The van der Waals surface area contributed by atoms with Crippen LogP contribution in [0.15, 0.2) is 48.5 Å². The lowest BCUT2D eigenvalue weighted by atomic mass is 10.1. The number of halogens is 3. The van der Waals surface area contributed by atoms with E-state index in [1.165, 1.54) is 5.56 Å². The van der Waals surface area contributed by atoms with Crippen molar-refractivity contribution >= 4 is 11.9 Å². The Morgan fingerprint density at radius 2 is 1.63 bits per heavy atom. The molecule has 0 aliphatic heterocycles. The van der Waals surface area contributed by atoms with E-state index in [1.54, 1.807) is 6.92 Å². The van der Waals surface area contributed by atoms with Crippen molar-refractivity contribution in [3.8, 4) is 0 Å². The summed E-state index contributed by atoms with van der Waals surface area (Å²) < 4.78 is 42.4. The lowest BCUT2D eigenvalue weighted by Crippen LogP contribution is -2.31. The van der Waals surface area contributed by atoms with Crippen LogP contribution in [0.2, 0.25) is 0 Å². The molecular formula is C20H20F3NO3. The fourth-order valence-electron chi connectivity index (χ4n) is 2.42. The maximum absolute atomic E-state index is 12.5. The zero-order chi connectivity index (χ0) is 20.0. The van der Waals surface area contributed by atoms with Crippen LogP contribution in [0, 0.1) is 0 Å². The molecule has 7 heteroatoms. The molecule has 4 nitrogen and oxygen atoms in total.